The molecule has 0 saturated carbocycles. The van der Waals surface area contributed by atoms with Gasteiger partial charge in [0.1, 0.15) is 5.58 Å². The maximum Gasteiger partial charge on any atom is 0.170 e. The van der Waals surface area contributed by atoms with Gasteiger partial charge in [0.15, 0.2) is 6.26 Å². The Morgan fingerprint density at radius 2 is 2.00 bits per heavy atom. The summed E-state index contributed by atoms with van der Waals surface area (Å²) in [6, 6.07) is 8.14. The van der Waals surface area contributed by atoms with Gasteiger partial charge in [-0.05, 0) is 25.2 Å². The molecule has 1 fully saturated rings. The molecule has 16 heavy (non-hydrogen) atoms. The Labute approximate surface area is 95.2 Å². The zero-order valence-corrected chi connectivity index (χ0v) is 9.44. The van der Waals surface area contributed by atoms with Crippen molar-refractivity contribution in [1.82, 2.24) is 4.90 Å². The number of benzene rings is 1. The first-order chi connectivity index (χ1) is 7.84. The summed E-state index contributed by atoms with van der Waals surface area (Å²) in [4.78, 5) is 4.78. The van der Waals surface area contributed by atoms with E-state index in [1.165, 1.54) is 11.1 Å². The Kier molecular flexibility index (Phi) is 2.33. The molecule has 2 heterocycles. The molecule has 0 unspecified atom stereocenters. The summed E-state index contributed by atoms with van der Waals surface area (Å²) in [5.74, 6) is 0. The number of nitrogens with zero attached hydrogens (tertiary/aromatic N) is 2. The van der Waals surface area contributed by atoms with E-state index >= 15 is 0 Å². The summed E-state index contributed by atoms with van der Waals surface area (Å²) < 4.78 is 5.31. The van der Waals surface area contributed by atoms with Gasteiger partial charge < -0.3 is 14.2 Å². The summed E-state index contributed by atoms with van der Waals surface area (Å²) in [7, 11) is 2.17. The van der Waals surface area contributed by atoms with E-state index in [-0.39, 0.29) is 0 Å². The molecular formula is C13H15N2O. The highest BCUT2D eigenvalue weighted by Crippen LogP contribution is 2.27. The topological polar surface area (TPSA) is 19.6 Å². The standard InChI is InChI=1S/C13H15N2O/c1-14-6-8-15(9-7-14)12-3-2-4-13-11(12)5-10-16-13/h2-5H,6-9H2,1H3. The van der Waals surface area contributed by atoms with Gasteiger partial charge in [-0.2, -0.15) is 0 Å². The first-order valence-electron chi connectivity index (χ1n) is 5.67. The first-order valence-corrected chi connectivity index (χ1v) is 5.67. The zero-order chi connectivity index (χ0) is 11.0. The molecule has 2 aromatic rings. The summed E-state index contributed by atoms with van der Waals surface area (Å²) in [6.07, 6.45) is 2.81. The molecule has 1 saturated heterocycles. The largest absolute Gasteiger partial charge is 0.453 e. The van der Waals surface area contributed by atoms with E-state index in [9.17, 15) is 0 Å². The van der Waals surface area contributed by atoms with Gasteiger partial charge in [-0.3, -0.25) is 0 Å². The summed E-state index contributed by atoms with van der Waals surface area (Å²) in [5.41, 5.74) is 2.20. The van der Waals surface area contributed by atoms with Crippen LogP contribution in [0.15, 0.2) is 28.7 Å². The van der Waals surface area contributed by atoms with E-state index in [2.05, 4.69) is 29.2 Å². The van der Waals surface area contributed by atoms with Crippen molar-refractivity contribution in [2.45, 2.75) is 0 Å². The van der Waals surface area contributed by atoms with Crippen LogP contribution >= 0.6 is 0 Å². The summed E-state index contributed by atoms with van der Waals surface area (Å²) in [6.45, 7) is 4.41. The van der Waals surface area contributed by atoms with E-state index in [0.29, 0.717) is 0 Å². The van der Waals surface area contributed by atoms with Crippen LogP contribution in [0.25, 0.3) is 11.0 Å². The molecule has 0 N–H and O–H groups in total. The van der Waals surface area contributed by atoms with E-state index in [1.807, 2.05) is 18.2 Å². The van der Waals surface area contributed by atoms with E-state index in [1.54, 1.807) is 0 Å². The molecule has 0 bridgehead atoms. The maximum absolute atomic E-state index is 5.31. The fourth-order valence-electron chi connectivity index (χ4n) is 2.24. The Bertz CT molecular complexity index is 483. The molecule has 83 valence electrons. The lowest BCUT2D eigenvalue weighted by Crippen LogP contribution is -2.44. The number of hydrogen-bond donors (Lipinski definition) is 0. The minimum Gasteiger partial charge on any atom is -0.453 e. The third kappa shape index (κ3) is 1.57. The fourth-order valence-corrected chi connectivity index (χ4v) is 2.24. The summed E-state index contributed by atoms with van der Waals surface area (Å²) in [5, 5.41) is 1.17. The molecule has 3 rings (SSSR count). The van der Waals surface area contributed by atoms with Crippen molar-refractivity contribution in [3.05, 3.63) is 30.5 Å². The quantitative estimate of drug-likeness (QED) is 0.725. The van der Waals surface area contributed by atoms with Crippen molar-refractivity contribution in [1.29, 1.82) is 0 Å². The number of hydrogen-bond acceptors (Lipinski definition) is 3. The Balaban J connectivity index is 1.96. The molecule has 3 nitrogen and oxygen atoms in total. The van der Waals surface area contributed by atoms with Crippen molar-refractivity contribution in [2.24, 2.45) is 0 Å². The Morgan fingerprint density at radius 1 is 1.19 bits per heavy atom. The number of piperazine rings is 1. The monoisotopic (exact) mass is 215 g/mol. The van der Waals surface area contributed by atoms with E-state index in [4.69, 9.17) is 4.42 Å². The van der Waals surface area contributed by atoms with Gasteiger partial charge in [0.2, 0.25) is 0 Å². The maximum atomic E-state index is 5.31. The van der Waals surface area contributed by atoms with Crippen molar-refractivity contribution >= 4 is 16.7 Å². The lowest BCUT2D eigenvalue weighted by molar-refractivity contribution is 0.313. The smallest absolute Gasteiger partial charge is 0.170 e. The van der Waals surface area contributed by atoms with Crippen LogP contribution in [0.3, 0.4) is 0 Å². The minimum atomic E-state index is 0.927. The molecule has 0 aliphatic carbocycles. The Hall–Kier alpha value is -1.48. The third-order valence-electron chi connectivity index (χ3n) is 3.26. The van der Waals surface area contributed by atoms with Gasteiger partial charge in [0.05, 0.1) is 0 Å². The van der Waals surface area contributed by atoms with Crippen molar-refractivity contribution < 1.29 is 4.42 Å². The normalized spacial score (nSPS) is 18.2. The first kappa shape index (κ1) is 9.73. The molecule has 0 atom stereocenters. The number of anilines is 1. The highest BCUT2D eigenvalue weighted by atomic mass is 16.3. The van der Waals surface area contributed by atoms with Gasteiger partial charge in [0.25, 0.3) is 0 Å². The van der Waals surface area contributed by atoms with Crippen LogP contribution in [0, 0.1) is 6.26 Å². The third-order valence-corrected chi connectivity index (χ3v) is 3.26. The van der Waals surface area contributed by atoms with E-state index in [0.717, 1.165) is 31.8 Å². The van der Waals surface area contributed by atoms with Crippen LogP contribution in [0.1, 0.15) is 0 Å². The molecule has 0 spiro atoms. The van der Waals surface area contributed by atoms with Crippen molar-refractivity contribution in [2.75, 3.05) is 38.1 Å². The molecule has 1 radical (unpaired) electrons. The molecule has 1 aliphatic rings. The number of likely N-dealkylation sites (N-methyl/N-ethyl adjacent to an activating group) is 1. The van der Waals surface area contributed by atoms with Crippen LogP contribution in [0.5, 0.6) is 0 Å². The SMILES string of the molecule is CN1CCN(c2cccc3o[c]cc23)CC1. The molecule has 0 amide bonds. The van der Waals surface area contributed by atoms with Crippen LogP contribution < -0.4 is 4.90 Å². The molecule has 3 heteroatoms. The van der Waals surface area contributed by atoms with Gasteiger partial charge in [0, 0.05) is 37.3 Å². The number of furan rings is 1. The van der Waals surface area contributed by atoms with Gasteiger partial charge in [-0.15, -0.1) is 0 Å². The number of fused-ring (bicyclic) bond motifs is 1. The van der Waals surface area contributed by atoms with Crippen LogP contribution in [-0.4, -0.2) is 38.1 Å². The highest BCUT2D eigenvalue weighted by molar-refractivity contribution is 5.90. The van der Waals surface area contributed by atoms with Crippen LogP contribution in [0.2, 0.25) is 0 Å². The van der Waals surface area contributed by atoms with Crippen molar-refractivity contribution in [3.8, 4) is 0 Å². The second kappa shape index (κ2) is 3.83. The predicted molar refractivity (Wildman–Crippen MR) is 64.8 cm³/mol. The molecule has 1 aromatic carbocycles. The second-order valence-electron chi connectivity index (χ2n) is 4.34. The van der Waals surface area contributed by atoms with Gasteiger partial charge in [-0.25, -0.2) is 0 Å². The molecule has 1 aliphatic heterocycles. The van der Waals surface area contributed by atoms with Crippen LogP contribution in [-0.2, 0) is 0 Å². The van der Waals surface area contributed by atoms with Gasteiger partial charge in [-0.1, -0.05) is 6.07 Å². The molecule has 1 aromatic heterocycles. The minimum absolute atomic E-state index is 0.927. The van der Waals surface area contributed by atoms with Gasteiger partial charge >= 0.3 is 0 Å². The average molecular weight is 215 g/mol. The highest BCUT2D eigenvalue weighted by Gasteiger charge is 2.16. The Morgan fingerprint density at radius 3 is 2.81 bits per heavy atom. The van der Waals surface area contributed by atoms with Crippen molar-refractivity contribution in [3.63, 3.8) is 0 Å². The fraction of sp³-hybridized carbons (Fsp3) is 0.385. The van der Waals surface area contributed by atoms with Crippen LogP contribution in [0.4, 0.5) is 5.69 Å². The lowest BCUT2D eigenvalue weighted by atomic mass is 10.2. The number of rotatable bonds is 1. The zero-order valence-electron chi connectivity index (χ0n) is 9.44. The molecular weight excluding hydrogens is 200 g/mol. The lowest BCUT2D eigenvalue weighted by Gasteiger charge is -2.34. The average Bonchev–Trinajstić information content (AvgIpc) is 2.78. The second-order valence-corrected chi connectivity index (χ2v) is 4.34. The predicted octanol–water partition coefficient (Wildman–Crippen LogP) is 1.98. The van der Waals surface area contributed by atoms with E-state index < -0.39 is 0 Å². The summed E-state index contributed by atoms with van der Waals surface area (Å²) >= 11 is 0.